The molecule has 0 aromatic carbocycles. The molecule has 11 heteroatoms. The fourth-order valence-electron chi connectivity index (χ4n) is 2.90. The van der Waals surface area contributed by atoms with Gasteiger partial charge in [0.1, 0.15) is 18.1 Å². The molecule has 2 aliphatic rings. The maximum atomic E-state index is 13.1. The van der Waals surface area contributed by atoms with Crippen molar-refractivity contribution < 1.29 is 32.6 Å². The van der Waals surface area contributed by atoms with Crippen LogP contribution in [0.4, 0.5) is 0 Å². The van der Waals surface area contributed by atoms with E-state index in [4.69, 9.17) is 35.8 Å². The summed E-state index contributed by atoms with van der Waals surface area (Å²) in [4.78, 5) is 0. The van der Waals surface area contributed by atoms with Crippen LogP contribution >= 0.6 is 40.8 Å². The predicted molar refractivity (Wildman–Crippen MR) is 115 cm³/mol. The Kier molecular flexibility index (Phi) is 10.4. The third-order valence-electron chi connectivity index (χ3n) is 4.69. The normalized spacial score (nSPS) is 37.4. The van der Waals surface area contributed by atoms with E-state index in [9.17, 15) is 4.57 Å². The van der Waals surface area contributed by atoms with Crippen molar-refractivity contribution in [1.82, 2.24) is 0 Å². The molecule has 0 amide bonds. The molecule has 0 saturated carbocycles. The summed E-state index contributed by atoms with van der Waals surface area (Å²) in [5, 5.41) is 0. The number of hydrogen-bond acceptors (Lipinski definition) is 8. The molecule has 4 unspecified atom stereocenters. The molecule has 2 radical (unpaired) electrons. The second kappa shape index (κ2) is 11.5. The van der Waals surface area contributed by atoms with Gasteiger partial charge in [-0.15, -0.1) is 0 Å². The highest BCUT2D eigenvalue weighted by Crippen LogP contribution is 2.62. The first kappa shape index (κ1) is 24.4. The molecular formula is C16H29BIO7PS. The minimum absolute atomic E-state index is 0.0235. The molecule has 2 saturated heterocycles. The van der Waals surface area contributed by atoms with Crippen LogP contribution in [0.1, 0.15) is 33.1 Å². The molecule has 156 valence electrons. The first-order valence-electron chi connectivity index (χ1n) is 9.13. The van der Waals surface area contributed by atoms with Gasteiger partial charge in [-0.2, -0.15) is 0 Å². The van der Waals surface area contributed by atoms with Gasteiger partial charge in [0.15, 0.2) is 0 Å². The minimum Gasteiger partial charge on any atom is -0.380 e. The lowest BCUT2D eigenvalue weighted by atomic mass is 9.96. The van der Waals surface area contributed by atoms with Gasteiger partial charge in [-0.1, -0.05) is 29.5 Å². The van der Waals surface area contributed by atoms with Crippen molar-refractivity contribution in [3.05, 3.63) is 0 Å². The average Bonchev–Trinajstić information content (AvgIpc) is 3.19. The molecule has 0 aromatic rings. The zero-order valence-electron chi connectivity index (χ0n) is 16.2. The fourth-order valence-corrected chi connectivity index (χ4v) is 7.03. The van der Waals surface area contributed by atoms with E-state index in [1.54, 1.807) is 7.11 Å². The molecule has 2 rings (SSSR count). The Morgan fingerprint density at radius 1 is 1.26 bits per heavy atom. The van der Waals surface area contributed by atoms with Gasteiger partial charge in [0.25, 0.3) is 0 Å². The van der Waals surface area contributed by atoms with E-state index in [2.05, 4.69) is 22.6 Å². The molecule has 2 fully saturated rings. The topological polar surface area (TPSA) is 72.5 Å². The van der Waals surface area contributed by atoms with Crippen LogP contribution < -0.4 is 0 Å². The molecule has 27 heavy (non-hydrogen) atoms. The highest BCUT2D eigenvalue weighted by molar-refractivity contribution is 14.1. The Balaban J connectivity index is 1.91. The van der Waals surface area contributed by atoms with Crippen LogP contribution in [0.15, 0.2) is 0 Å². The Labute approximate surface area is 181 Å². The fraction of sp³-hybridized carbons (Fsp3) is 1.00. The summed E-state index contributed by atoms with van der Waals surface area (Å²) in [6.45, 7) is 0.999. The van der Waals surface area contributed by atoms with Crippen LogP contribution in [0.5, 0.6) is 0 Å². The molecule has 2 heterocycles. The second-order valence-electron chi connectivity index (χ2n) is 6.66. The third-order valence-corrected chi connectivity index (χ3v) is 9.36. The second-order valence-corrected chi connectivity index (χ2v) is 12.2. The van der Waals surface area contributed by atoms with Gasteiger partial charge >= 0.3 is 6.80 Å². The highest BCUT2D eigenvalue weighted by atomic mass is 127. The molecule has 0 bridgehead atoms. The number of hydrogen-bond donors (Lipinski definition) is 0. The largest absolute Gasteiger partial charge is 0.389 e. The molecule has 0 N–H and O–H groups in total. The predicted octanol–water partition coefficient (Wildman–Crippen LogP) is 3.52. The van der Waals surface area contributed by atoms with E-state index in [0.29, 0.717) is 18.8 Å². The Morgan fingerprint density at radius 2 is 2.00 bits per heavy atom. The molecule has 0 spiro atoms. The van der Waals surface area contributed by atoms with E-state index in [1.807, 2.05) is 13.8 Å². The maximum absolute atomic E-state index is 13.1. The lowest BCUT2D eigenvalue weighted by Crippen LogP contribution is -2.30. The van der Waals surface area contributed by atoms with Gasteiger partial charge in [-0.05, 0) is 31.1 Å². The summed E-state index contributed by atoms with van der Waals surface area (Å²) in [6, 6.07) is -0.466. The van der Waals surface area contributed by atoms with Gasteiger partial charge in [-0.3, -0.25) is 4.52 Å². The average molecular weight is 534 g/mol. The smallest absolute Gasteiger partial charge is 0.380 e. The zero-order valence-corrected chi connectivity index (χ0v) is 20.1. The summed E-state index contributed by atoms with van der Waals surface area (Å²) in [5.74, 6) is 0.455. The van der Waals surface area contributed by atoms with Crippen molar-refractivity contribution in [2.24, 2.45) is 0 Å². The SMILES string of the molecule is [B][C@H]1C[C@@H](OP(=O)(OC)SCC2O[C@@H](I)C[C@H]2OC)C(COC(C)CC)O1. The van der Waals surface area contributed by atoms with Crippen LogP contribution in [0, 0.1) is 0 Å². The number of halogens is 1. The van der Waals surface area contributed by atoms with E-state index in [1.165, 1.54) is 7.11 Å². The van der Waals surface area contributed by atoms with Crippen LogP contribution in [0.2, 0.25) is 0 Å². The number of methoxy groups -OCH3 is 1. The Bertz CT molecular complexity index is 505. The standard InChI is InChI=1S/C16H29BIO7PS/c1-5-10(2)22-8-13-12(6-15(17)23-13)25-26(19,21-4)27-9-14-11(20-3)7-16(18)24-14/h10-16H,5-9H2,1-4H3/t10?,11-,12-,13?,14?,15-,16-,26?/m1/s1. The van der Waals surface area contributed by atoms with Crippen molar-refractivity contribution in [2.45, 2.75) is 73.7 Å². The molecule has 8 atom stereocenters. The lowest BCUT2D eigenvalue weighted by molar-refractivity contribution is -0.0474. The van der Waals surface area contributed by atoms with Gasteiger partial charge in [0, 0.05) is 32.4 Å². The Morgan fingerprint density at radius 3 is 2.63 bits per heavy atom. The van der Waals surface area contributed by atoms with E-state index in [-0.39, 0.29) is 28.5 Å². The van der Waals surface area contributed by atoms with Crippen molar-refractivity contribution in [1.29, 1.82) is 0 Å². The summed E-state index contributed by atoms with van der Waals surface area (Å²) >= 11 is 3.36. The molecular weight excluding hydrogens is 505 g/mol. The Hall–Kier alpha value is 1.13. The number of alkyl halides is 1. The van der Waals surface area contributed by atoms with Crippen molar-refractivity contribution in [3.63, 3.8) is 0 Å². The number of rotatable bonds is 11. The number of ether oxygens (including phenoxy) is 4. The van der Waals surface area contributed by atoms with Crippen LogP contribution in [0.25, 0.3) is 0 Å². The molecule has 0 aliphatic carbocycles. The van der Waals surface area contributed by atoms with E-state index in [0.717, 1.165) is 24.2 Å². The molecule has 7 nitrogen and oxygen atoms in total. The monoisotopic (exact) mass is 534 g/mol. The van der Waals surface area contributed by atoms with E-state index >= 15 is 0 Å². The van der Waals surface area contributed by atoms with Crippen LogP contribution in [-0.4, -0.2) is 75.1 Å². The highest BCUT2D eigenvalue weighted by Gasteiger charge is 2.41. The summed E-state index contributed by atoms with van der Waals surface area (Å²) in [7, 11) is 8.95. The summed E-state index contributed by atoms with van der Waals surface area (Å²) in [6.07, 6.45) is 1.27. The van der Waals surface area contributed by atoms with Gasteiger partial charge < -0.3 is 23.5 Å². The third kappa shape index (κ3) is 7.40. The molecule has 0 aromatic heterocycles. The first-order valence-corrected chi connectivity index (χ1v) is 13.5. The van der Waals surface area contributed by atoms with Crippen LogP contribution in [-0.2, 0) is 32.6 Å². The lowest BCUT2D eigenvalue weighted by Gasteiger charge is -2.25. The van der Waals surface area contributed by atoms with Gasteiger partial charge in [0.2, 0.25) is 0 Å². The van der Waals surface area contributed by atoms with Gasteiger partial charge in [-0.25, -0.2) is 4.57 Å². The van der Waals surface area contributed by atoms with Crippen LogP contribution in [0.3, 0.4) is 0 Å². The van der Waals surface area contributed by atoms with Crippen molar-refractivity contribution in [3.8, 4) is 0 Å². The molecule has 2 aliphatic heterocycles. The summed E-state index contributed by atoms with van der Waals surface area (Å²) < 4.78 is 47.0. The van der Waals surface area contributed by atoms with Gasteiger partial charge in [0.05, 0.1) is 31.0 Å². The quantitative estimate of drug-likeness (QED) is 0.173. The summed E-state index contributed by atoms with van der Waals surface area (Å²) in [5.41, 5.74) is 0. The van der Waals surface area contributed by atoms with E-state index < -0.39 is 18.9 Å². The first-order chi connectivity index (χ1) is 12.8. The zero-order chi connectivity index (χ0) is 20.0. The minimum atomic E-state index is -3.39. The van der Waals surface area contributed by atoms with Crippen molar-refractivity contribution in [2.75, 3.05) is 26.6 Å². The maximum Gasteiger partial charge on any atom is 0.389 e. The van der Waals surface area contributed by atoms with Crippen molar-refractivity contribution >= 4 is 48.6 Å².